The van der Waals surface area contributed by atoms with Gasteiger partial charge in [-0.3, -0.25) is 4.98 Å². The van der Waals surface area contributed by atoms with Gasteiger partial charge in [-0.05, 0) is 32.6 Å². The van der Waals surface area contributed by atoms with Crippen molar-refractivity contribution in [1.82, 2.24) is 9.88 Å². The lowest BCUT2D eigenvalue weighted by Crippen LogP contribution is -2.12. The zero-order valence-electron chi connectivity index (χ0n) is 9.33. The smallest absolute Gasteiger partial charge is 0.0572 e. The molecule has 0 atom stereocenters. The molecular formula is C11H20N2. The van der Waals surface area contributed by atoms with Gasteiger partial charge in [-0.25, -0.2) is 0 Å². The second kappa shape index (κ2) is 6.61. The number of aromatic nitrogens is 1. The van der Waals surface area contributed by atoms with Crippen molar-refractivity contribution in [1.29, 1.82) is 0 Å². The lowest BCUT2D eigenvalue weighted by atomic mass is 10.2. The minimum atomic E-state index is 0.923. The van der Waals surface area contributed by atoms with Gasteiger partial charge < -0.3 is 4.90 Å². The van der Waals surface area contributed by atoms with E-state index in [9.17, 15) is 0 Å². The molecule has 2 nitrogen and oxygen atoms in total. The third-order valence-electron chi connectivity index (χ3n) is 1.58. The summed E-state index contributed by atoms with van der Waals surface area (Å²) in [5.41, 5.74) is 2.43. The molecular weight excluding hydrogens is 160 g/mol. The van der Waals surface area contributed by atoms with E-state index in [1.54, 1.807) is 0 Å². The third kappa shape index (κ3) is 4.63. The molecule has 0 aliphatic heterocycles. The Bertz CT molecular complexity index is 231. The molecule has 1 aromatic rings. The van der Waals surface area contributed by atoms with E-state index in [0.717, 1.165) is 12.2 Å². The molecule has 13 heavy (non-hydrogen) atoms. The van der Waals surface area contributed by atoms with Crippen LogP contribution in [0.1, 0.15) is 25.1 Å². The highest BCUT2D eigenvalue weighted by Crippen LogP contribution is 2.04. The second-order valence-electron chi connectivity index (χ2n) is 3.00. The Kier molecular flexibility index (Phi) is 6.15. The summed E-state index contributed by atoms with van der Waals surface area (Å²) >= 11 is 0. The van der Waals surface area contributed by atoms with Crippen molar-refractivity contribution < 1.29 is 0 Å². The molecule has 1 rings (SSSR count). The highest BCUT2D eigenvalue weighted by Gasteiger charge is 1.98. The van der Waals surface area contributed by atoms with Crippen LogP contribution in [0.2, 0.25) is 0 Å². The Morgan fingerprint density at radius 2 is 1.92 bits per heavy atom. The molecule has 0 amide bonds. The summed E-state index contributed by atoms with van der Waals surface area (Å²) in [4.78, 5) is 6.40. The van der Waals surface area contributed by atoms with Crippen molar-refractivity contribution in [3.8, 4) is 0 Å². The SMILES string of the molecule is CC.Cc1cccnc1CN(C)C. The van der Waals surface area contributed by atoms with Gasteiger partial charge in [0.1, 0.15) is 0 Å². The summed E-state index contributed by atoms with van der Waals surface area (Å²) in [5, 5.41) is 0. The molecule has 74 valence electrons. The van der Waals surface area contributed by atoms with Crippen LogP contribution in [0.25, 0.3) is 0 Å². The van der Waals surface area contributed by atoms with E-state index < -0.39 is 0 Å². The van der Waals surface area contributed by atoms with Crippen molar-refractivity contribution in [3.63, 3.8) is 0 Å². The highest BCUT2D eigenvalue weighted by molar-refractivity contribution is 5.17. The van der Waals surface area contributed by atoms with Crippen LogP contribution >= 0.6 is 0 Å². The van der Waals surface area contributed by atoms with Gasteiger partial charge in [0.25, 0.3) is 0 Å². The lowest BCUT2D eigenvalue weighted by Gasteiger charge is -2.09. The van der Waals surface area contributed by atoms with E-state index in [2.05, 4.69) is 22.9 Å². The van der Waals surface area contributed by atoms with E-state index in [1.807, 2.05) is 40.2 Å². The van der Waals surface area contributed by atoms with Gasteiger partial charge in [0.05, 0.1) is 5.69 Å². The van der Waals surface area contributed by atoms with E-state index >= 15 is 0 Å². The predicted molar refractivity (Wildman–Crippen MR) is 57.7 cm³/mol. The average Bonchev–Trinajstić information content (AvgIpc) is 2.12. The molecule has 0 fully saturated rings. The summed E-state index contributed by atoms with van der Waals surface area (Å²) < 4.78 is 0. The van der Waals surface area contributed by atoms with Crippen LogP contribution < -0.4 is 0 Å². The quantitative estimate of drug-likeness (QED) is 0.695. The van der Waals surface area contributed by atoms with E-state index in [0.29, 0.717) is 0 Å². The van der Waals surface area contributed by atoms with Crippen LogP contribution in [0.15, 0.2) is 18.3 Å². The number of rotatable bonds is 2. The first-order valence-corrected chi connectivity index (χ1v) is 4.75. The van der Waals surface area contributed by atoms with Crippen LogP contribution in [0.3, 0.4) is 0 Å². The van der Waals surface area contributed by atoms with Gasteiger partial charge in [0.2, 0.25) is 0 Å². The molecule has 1 aromatic heterocycles. The van der Waals surface area contributed by atoms with Crippen LogP contribution in [0.5, 0.6) is 0 Å². The molecule has 0 bridgehead atoms. The van der Waals surface area contributed by atoms with Crippen molar-refractivity contribution >= 4 is 0 Å². The fourth-order valence-corrected chi connectivity index (χ4v) is 0.983. The second-order valence-corrected chi connectivity index (χ2v) is 3.00. The van der Waals surface area contributed by atoms with Crippen molar-refractivity contribution in [2.45, 2.75) is 27.3 Å². The van der Waals surface area contributed by atoms with Gasteiger partial charge in [-0.15, -0.1) is 0 Å². The minimum Gasteiger partial charge on any atom is -0.304 e. The van der Waals surface area contributed by atoms with Crippen LogP contribution in [0.4, 0.5) is 0 Å². The first-order valence-electron chi connectivity index (χ1n) is 4.75. The molecule has 0 N–H and O–H groups in total. The zero-order valence-corrected chi connectivity index (χ0v) is 9.33. The maximum absolute atomic E-state index is 4.28. The number of hydrogen-bond acceptors (Lipinski definition) is 2. The Labute approximate surface area is 81.6 Å². The summed E-state index contributed by atoms with van der Waals surface area (Å²) in [5.74, 6) is 0. The first-order chi connectivity index (χ1) is 6.20. The van der Waals surface area contributed by atoms with Gasteiger partial charge >= 0.3 is 0 Å². The summed E-state index contributed by atoms with van der Waals surface area (Å²) in [6.07, 6.45) is 1.84. The molecule has 0 aromatic carbocycles. The number of nitrogens with zero attached hydrogens (tertiary/aromatic N) is 2. The molecule has 0 aliphatic rings. The Hall–Kier alpha value is -0.890. The summed E-state index contributed by atoms with van der Waals surface area (Å²) in [7, 11) is 4.10. The third-order valence-corrected chi connectivity index (χ3v) is 1.58. The van der Waals surface area contributed by atoms with Crippen LogP contribution in [-0.4, -0.2) is 24.0 Å². The number of pyridine rings is 1. The van der Waals surface area contributed by atoms with Crippen molar-refractivity contribution in [2.75, 3.05) is 14.1 Å². The van der Waals surface area contributed by atoms with E-state index in [1.165, 1.54) is 5.56 Å². The van der Waals surface area contributed by atoms with Crippen LogP contribution in [0, 0.1) is 6.92 Å². The molecule has 0 aliphatic carbocycles. The van der Waals surface area contributed by atoms with Crippen molar-refractivity contribution in [3.05, 3.63) is 29.6 Å². The Morgan fingerprint density at radius 3 is 2.38 bits per heavy atom. The average molecular weight is 180 g/mol. The van der Waals surface area contributed by atoms with Gasteiger partial charge in [0.15, 0.2) is 0 Å². The highest BCUT2D eigenvalue weighted by atomic mass is 15.1. The lowest BCUT2D eigenvalue weighted by molar-refractivity contribution is 0.395. The molecule has 2 heteroatoms. The zero-order chi connectivity index (χ0) is 10.3. The van der Waals surface area contributed by atoms with Gasteiger partial charge in [-0.2, -0.15) is 0 Å². The van der Waals surface area contributed by atoms with Gasteiger partial charge in [-0.1, -0.05) is 19.9 Å². The predicted octanol–water partition coefficient (Wildman–Crippen LogP) is 2.48. The normalized spacial score (nSPS) is 9.38. The number of aryl methyl sites for hydroxylation is 1. The monoisotopic (exact) mass is 180 g/mol. The van der Waals surface area contributed by atoms with Crippen LogP contribution in [-0.2, 0) is 6.54 Å². The standard InChI is InChI=1S/C9H14N2.C2H6/c1-8-5-4-6-10-9(8)7-11(2)3;1-2/h4-6H,7H2,1-3H3;1-2H3. The largest absolute Gasteiger partial charge is 0.304 e. The Balaban J connectivity index is 0.000000671. The summed E-state index contributed by atoms with van der Waals surface area (Å²) in [6, 6.07) is 4.06. The summed E-state index contributed by atoms with van der Waals surface area (Å²) in [6.45, 7) is 7.01. The maximum atomic E-state index is 4.28. The maximum Gasteiger partial charge on any atom is 0.0572 e. The van der Waals surface area contributed by atoms with Gasteiger partial charge in [0, 0.05) is 12.7 Å². The topological polar surface area (TPSA) is 16.1 Å². The molecule has 0 saturated heterocycles. The molecule has 0 saturated carbocycles. The fraction of sp³-hybridized carbons (Fsp3) is 0.545. The van der Waals surface area contributed by atoms with E-state index in [4.69, 9.17) is 0 Å². The molecule has 0 spiro atoms. The Morgan fingerprint density at radius 1 is 1.31 bits per heavy atom. The van der Waals surface area contributed by atoms with Crippen molar-refractivity contribution in [2.24, 2.45) is 0 Å². The first kappa shape index (κ1) is 12.1. The molecule has 0 unspecified atom stereocenters. The fourth-order valence-electron chi connectivity index (χ4n) is 0.983. The molecule has 1 heterocycles. The van der Waals surface area contributed by atoms with E-state index in [-0.39, 0.29) is 0 Å². The number of hydrogen-bond donors (Lipinski definition) is 0. The minimum absolute atomic E-state index is 0.923. The molecule has 0 radical (unpaired) electrons.